The van der Waals surface area contributed by atoms with Crippen molar-refractivity contribution in [1.82, 2.24) is 0 Å². The Bertz CT molecular complexity index is 146. The lowest BCUT2D eigenvalue weighted by Gasteiger charge is -2.14. The molecule has 0 saturated carbocycles. The van der Waals surface area contributed by atoms with Gasteiger partial charge in [0, 0.05) is 6.04 Å². The van der Waals surface area contributed by atoms with Gasteiger partial charge in [-0.2, -0.15) is 0 Å². The number of ether oxygens (including phenoxy) is 1. The van der Waals surface area contributed by atoms with Crippen LogP contribution in [0.1, 0.15) is 40.0 Å². The molecule has 2 N–H and O–H groups in total. The highest BCUT2D eigenvalue weighted by Crippen LogP contribution is 2.04. The summed E-state index contributed by atoms with van der Waals surface area (Å²) in [6.45, 7) is 6.60. The molecule has 0 rings (SSSR count). The minimum Gasteiger partial charge on any atom is -0.466 e. The van der Waals surface area contributed by atoms with Crippen molar-refractivity contribution in [3.63, 3.8) is 0 Å². The Hall–Kier alpha value is -0.570. The minimum absolute atomic E-state index is 0.0749. The molecule has 0 bridgehead atoms. The van der Waals surface area contributed by atoms with Gasteiger partial charge < -0.3 is 10.5 Å². The van der Waals surface area contributed by atoms with Gasteiger partial charge in [0.15, 0.2) is 0 Å². The lowest BCUT2D eigenvalue weighted by Crippen LogP contribution is -2.30. The van der Waals surface area contributed by atoms with E-state index in [1.807, 2.05) is 13.8 Å². The van der Waals surface area contributed by atoms with Crippen LogP contribution in [0.15, 0.2) is 0 Å². The van der Waals surface area contributed by atoms with Crippen molar-refractivity contribution in [2.45, 2.75) is 46.1 Å². The number of hydrogen-bond donors (Lipinski definition) is 1. The summed E-state index contributed by atoms with van der Waals surface area (Å²) in [5, 5.41) is 0. The molecule has 0 fully saturated rings. The van der Waals surface area contributed by atoms with Gasteiger partial charge in [0.25, 0.3) is 0 Å². The molecule has 0 saturated heterocycles. The monoisotopic (exact) mass is 187 g/mol. The van der Waals surface area contributed by atoms with E-state index in [-0.39, 0.29) is 12.0 Å². The van der Waals surface area contributed by atoms with E-state index < -0.39 is 0 Å². The fraction of sp³-hybridized carbons (Fsp3) is 0.900. The standard InChI is InChI=1S/C10H21NO2/c1-4-5-6-13-10(12)7-9(11)8(2)3/h8-9H,4-7,11H2,1-3H3. The summed E-state index contributed by atoms with van der Waals surface area (Å²) in [4.78, 5) is 11.1. The van der Waals surface area contributed by atoms with Crippen LogP contribution < -0.4 is 5.73 Å². The lowest BCUT2D eigenvalue weighted by atomic mass is 10.0. The maximum Gasteiger partial charge on any atom is 0.307 e. The topological polar surface area (TPSA) is 52.3 Å². The molecule has 1 atom stereocenters. The smallest absolute Gasteiger partial charge is 0.307 e. The third kappa shape index (κ3) is 6.58. The molecule has 0 aromatic rings. The number of carbonyl (C=O) groups excluding carboxylic acids is 1. The Balaban J connectivity index is 3.50. The van der Waals surface area contributed by atoms with Gasteiger partial charge in [0.05, 0.1) is 13.0 Å². The fourth-order valence-corrected chi connectivity index (χ4v) is 0.817. The summed E-state index contributed by atoms with van der Waals surface area (Å²) in [5.41, 5.74) is 5.72. The van der Waals surface area contributed by atoms with E-state index in [4.69, 9.17) is 10.5 Å². The fourth-order valence-electron chi connectivity index (χ4n) is 0.817. The van der Waals surface area contributed by atoms with Crippen LogP contribution in [0.4, 0.5) is 0 Å². The van der Waals surface area contributed by atoms with Crippen molar-refractivity contribution in [3.8, 4) is 0 Å². The number of esters is 1. The predicted octanol–water partition coefficient (Wildman–Crippen LogP) is 1.70. The molecule has 0 aromatic heterocycles. The normalized spacial score (nSPS) is 13.0. The molecule has 0 aliphatic rings. The van der Waals surface area contributed by atoms with E-state index in [0.717, 1.165) is 12.8 Å². The molecule has 78 valence electrons. The molecule has 0 aliphatic heterocycles. The van der Waals surface area contributed by atoms with Crippen molar-refractivity contribution >= 4 is 5.97 Å². The SMILES string of the molecule is CCCCOC(=O)CC(N)C(C)C. The van der Waals surface area contributed by atoms with Crippen LogP contribution in [0.3, 0.4) is 0 Å². The van der Waals surface area contributed by atoms with Crippen LogP contribution in [0.5, 0.6) is 0 Å². The first-order valence-corrected chi connectivity index (χ1v) is 4.99. The van der Waals surface area contributed by atoms with Crippen LogP contribution in [-0.4, -0.2) is 18.6 Å². The van der Waals surface area contributed by atoms with Crippen molar-refractivity contribution in [2.24, 2.45) is 11.7 Å². The van der Waals surface area contributed by atoms with Gasteiger partial charge in [-0.3, -0.25) is 4.79 Å². The second-order valence-electron chi connectivity index (χ2n) is 3.69. The van der Waals surface area contributed by atoms with E-state index >= 15 is 0 Å². The zero-order valence-electron chi connectivity index (χ0n) is 8.88. The molecule has 0 radical (unpaired) electrons. The van der Waals surface area contributed by atoms with Crippen molar-refractivity contribution in [2.75, 3.05) is 6.61 Å². The Labute approximate surface area is 80.6 Å². The quantitative estimate of drug-likeness (QED) is 0.508. The summed E-state index contributed by atoms with van der Waals surface area (Å²) in [5.74, 6) is 0.161. The van der Waals surface area contributed by atoms with Crippen molar-refractivity contribution in [3.05, 3.63) is 0 Å². The highest BCUT2D eigenvalue weighted by molar-refractivity contribution is 5.70. The van der Waals surface area contributed by atoms with Gasteiger partial charge in [-0.1, -0.05) is 27.2 Å². The first-order valence-electron chi connectivity index (χ1n) is 4.99. The molecule has 13 heavy (non-hydrogen) atoms. The summed E-state index contributed by atoms with van der Waals surface area (Å²) in [6.07, 6.45) is 2.31. The van der Waals surface area contributed by atoms with Gasteiger partial charge in [0.1, 0.15) is 0 Å². The Morgan fingerprint density at radius 3 is 2.54 bits per heavy atom. The van der Waals surface area contributed by atoms with Crippen LogP contribution >= 0.6 is 0 Å². The van der Waals surface area contributed by atoms with Crippen LogP contribution in [0.2, 0.25) is 0 Å². The lowest BCUT2D eigenvalue weighted by molar-refractivity contribution is -0.144. The van der Waals surface area contributed by atoms with E-state index in [1.165, 1.54) is 0 Å². The first kappa shape index (κ1) is 12.4. The van der Waals surface area contributed by atoms with Gasteiger partial charge >= 0.3 is 5.97 Å². The second-order valence-corrected chi connectivity index (χ2v) is 3.69. The highest BCUT2D eigenvalue weighted by Gasteiger charge is 2.13. The third-order valence-corrected chi connectivity index (χ3v) is 2.02. The second kappa shape index (κ2) is 6.89. The molecule has 3 nitrogen and oxygen atoms in total. The zero-order valence-corrected chi connectivity index (χ0v) is 8.88. The van der Waals surface area contributed by atoms with E-state index in [1.54, 1.807) is 0 Å². The number of rotatable bonds is 6. The maximum atomic E-state index is 11.1. The molecule has 0 heterocycles. The highest BCUT2D eigenvalue weighted by atomic mass is 16.5. The Kier molecular flexibility index (Phi) is 6.59. The Morgan fingerprint density at radius 2 is 2.08 bits per heavy atom. The number of nitrogens with two attached hydrogens (primary N) is 1. The van der Waals surface area contributed by atoms with Gasteiger partial charge in [-0.25, -0.2) is 0 Å². The van der Waals surface area contributed by atoms with E-state index in [0.29, 0.717) is 18.9 Å². The number of hydrogen-bond acceptors (Lipinski definition) is 3. The molecular formula is C10H21NO2. The van der Waals surface area contributed by atoms with Crippen LogP contribution in [0, 0.1) is 5.92 Å². The molecule has 3 heteroatoms. The molecule has 0 amide bonds. The van der Waals surface area contributed by atoms with Gasteiger partial charge in [-0.15, -0.1) is 0 Å². The first-order chi connectivity index (χ1) is 6.07. The van der Waals surface area contributed by atoms with E-state index in [2.05, 4.69) is 6.92 Å². The van der Waals surface area contributed by atoms with E-state index in [9.17, 15) is 4.79 Å². The number of carbonyl (C=O) groups is 1. The predicted molar refractivity (Wildman–Crippen MR) is 53.3 cm³/mol. The Morgan fingerprint density at radius 1 is 1.46 bits per heavy atom. The van der Waals surface area contributed by atoms with Crippen molar-refractivity contribution in [1.29, 1.82) is 0 Å². The van der Waals surface area contributed by atoms with Gasteiger partial charge in [0.2, 0.25) is 0 Å². The molecular weight excluding hydrogens is 166 g/mol. The average molecular weight is 187 g/mol. The largest absolute Gasteiger partial charge is 0.466 e. The summed E-state index contributed by atoms with van der Waals surface area (Å²) >= 11 is 0. The molecule has 1 unspecified atom stereocenters. The number of unbranched alkanes of at least 4 members (excludes halogenated alkanes) is 1. The molecule has 0 aliphatic carbocycles. The van der Waals surface area contributed by atoms with Gasteiger partial charge in [-0.05, 0) is 12.3 Å². The summed E-state index contributed by atoms with van der Waals surface area (Å²) in [7, 11) is 0. The van der Waals surface area contributed by atoms with Crippen molar-refractivity contribution < 1.29 is 9.53 Å². The van der Waals surface area contributed by atoms with Crippen LogP contribution in [0.25, 0.3) is 0 Å². The summed E-state index contributed by atoms with van der Waals surface area (Å²) in [6, 6.07) is -0.0749. The maximum absolute atomic E-state index is 11.1. The van der Waals surface area contributed by atoms with Crippen LogP contribution in [-0.2, 0) is 9.53 Å². The average Bonchev–Trinajstić information content (AvgIpc) is 2.04. The summed E-state index contributed by atoms with van der Waals surface area (Å²) < 4.78 is 4.98. The third-order valence-electron chi connectivity index (χ3n) is 2.02. The molecule has 0 aromatic carbocycles. The minimum atomic E-state index is -0.172. The zero-order chi connectivity index (χ0) is 10.3. The molecule has 0 spiro atoms.